The molecule has 1 fully saturated rings. The molecule has 1 saturated carbocycles. The van der Waals surface area contributed by atoms with Gasteiger partial charge in [0.2, 0.25) is 0 Å². The first kappa shape index (κ1) is 16.4. The van der Waals surface area contributed by atoms with E-state index in [1.54, 1.807) is 5.57 Å². The average molecular weight is 288 g/mol. The number of hydrogen-bond donors (Lipinski definition) is 0. The van der Waals surface area contributed by atoms with E-state index >= 15 is 0 Å². The zero-order chi connectivity index (χ0) is 14.9. The molecule has 0 unspecified atom stereocenters. The van der Waals surface area contributed by atoms with Gasteiger partial charge in [-0.15, -0.1) is 0 Å². The number of unbranched alkanes of at least 4 members (excludes halogenated alkanes) is 2. The molecular weight excluding hydrogens is 256 g/mol. The van der Waals surface area contributed by atoms with Crippen LogP contribution in [0, 0.1) is 11.8 Å². The van der Waals surface area contributed by atoms with Crippen molar-refractivity contribution in [1.82, 2.24) is 0 Å². The van der Waals surface area contributed by atoms with Crippen LogP contribution in [0.5, 0.6) is 0 Å². The van der Waals surface area contributed by atoms with E-state index in [4.69, 9.17) is 4.74 Å². The van der Waals surface area contributed by atoms with E-state index < -0.39 is 0 Å². The molecule has 2 aliphatic rings. The summed E-state index contributed by atoms with van der Waals surface area (Å²) in [7, 11) is 0. The van der Waals surface area contributed by atoms with Gasteiger partial charge in [0.1, 0.15) is 5.76 Å². The fraction of sp³-hybridized carbons (Fsp3) is 0.700. The first-order chi connectivity index (χ1) is 10.3. The summed E-state index contributed by atoms with van der Waals surface area (Å²) < 4.78 is 5.60. The number of rotatable bonds is 7. The van der Waals surface area contributed by atoms with Crippen LogP contribution in [-0.2, 0) is 4.74 Å². The highest BCUT2D eigenvalue weighted by Gasteiger charge is 2.23. The van der Waals surface area contributed by atoms with Crippen molar-refractivity contribution >= 4 is 0 Å². The van der Waals surface area contributed by atoms with Crippen molar-refractivity contribution in [1.29, 1.82) is 0 Å². The van der Waals surface area contributed by atoms with E-state index in [2.05, 4.69) is 31.2 Å². The minimum absolute atomic E-state index is 0.752. The molecule has 1 heteroatoms. The minimum atomic E-state index is 0.752. The predicted octanol–water partition coefficient (Wildman–Crippen LogP) is 6.18. The molecule has 0 aliphatic heterocycles. The van der Waals surface area contributed by atoms with Gasteiger partial charge < -0.3 is 4.74 Å². The number of hydrogen-bond acceptors (Lipinski definition) is 1. The lowest BCUT2D eigenvalue weighted by Crippen LogP contribution is -2.16. The summed E-state index contributed by atoms with van der Waals surface area (Å²) in [5.74, 6) is 2.83. The maximum absolute atomic E-state index is 5.60. The third-order valence-corrected chi connectivity index (χ3v) is 5.00. The summed E-state index contributed by atoms with van der Waals surface area (Å²) in [6.45, 7) is 5.10. The van der Waals surface area contributed by atoms with Crippen molar-refractivity contribution in [2.24, 2.45) is 11.8 Å². The molecule has 0 saturated heterocycles. The molecule has 1 nitrogen and oxygen atoms in total. The van der Waals surface area contributed by atoms with Gasteiger partial charge in [0, 0.05) is 0 Å². The van der Waals surface area contributed by atoms with Crippen LogP contribution in [-0.4, -0.2) is 6.61 Å². The second-order valence-corrected chi connectivity index (χ2v) is 6.56. The molecule has 118 valence electrons. The zero-order valence-electron chi connectivity index (χ0n) is 13.9. The molecule has 0 aromatic rings. The van der Waals surface area contributed by atoms with Crippen LogP contribution in [0.25, 0.3) is 0 Å². The topological polar surface area (TPSA) is 9.23 Å². The Bertz CT molecular complexity index is 381. The lowest BCUT2D eigenvalue weighted by Gasteiger charge is -2.30. The molecule has 2 aliphatic carbocycles. The van der Waals surface area contributed by atoms with Gasteiger partial charge in [-0.25, -0.2) is 0 Å². The lowest BCUT2D eigenvalue weighted by atomic mass is 9.76. The molecule has 2 rings (SSSR count). The maximum atomic E-state index is 5.60. The first-order valence-corrected chi connectivity index (χ1v) is 9.03. The van der Waals surface area contributed by atoms with Gasteiger partial charge in [0.05, 0.1) is 6.61 Å². The van der Waals surface area contributed by atoms with Crippen molar-refractivity contribution in [3.8, 4) is 0 Å². The average Bonchev–Trinajstić information content (AvgIpc) is 2.74. The first-order valence-electron chi connectivity index (χ1n) is 9.03. The summed E-state index contributed by atoms with van der Waals surface area (Å²) >= 11 is 0. The van der Waals surface area contributed by atoms with Crippen LogP contribution in [0.4, 0.5) is 0 Å². The lowest BCUT2D eigenvalue weighted by molar-refractivity contribution is 0.242. The molecule has 0 N–H and O–H groups in total. The van der Waals surface area contributed by atoms with E-state index in [0.29, 0.717) is 0 Å². The maximum Gasteiger partial charge on any atom is 0.118 e. The molecule has 0 aromatic carbocycles. The second-order valence-electron chi connectivity index (χ2n) is 6.56. The summed E-state index contributed by atoms with van der Waals surface area (Å²) in [5.41, 5.74) is 1.62. The summed E-state index contributed by atoms with van der Waals surface area (Å²) in [6, 6.07) is 0. The SMILES string of the molecule is CCCCCC1CCC(C2=CC=C(OCC)C=CC2)CC1. The van der Waals surface area contributed by atoms with Crippen molar-refractivity contribution in [2.75, 3.05) is 6.61 Å². The molecule has 0 atom stereocenters. The van der Waals surface area contributed by atoms with Crippen LogP contribution in [0.2, 0.25) is 0 Å². The van der Waals surface area contributed by atoms with Crippen LogP contribution in [0.3, 0.4) is 0 Å². The third-order valence-electron chi connectivity index (χ3n) is 5.00. The van der Waals surface area contributed by atoms with E-state index in [9.17, 15) is 0 Å². The standard InChI is InChI=1S/C20H32O/c1-3-5-6-8-17-11-13-19(14-12-17)18-9-7-10-20(16-15-18)21-4-2/h7,10,15-17,19H,3-6,8-9,11-14H2,1-2H3. The van der Waals surface area contributed by atoms with Gasteiger partial charge in [-0.3, -0.25) is 0 Å². The van der Waals surface area contributed by atoms with Crippen LogP contribution in [0.15, 0.2) is 35.6 Å². The Hall–Kier alpha value is -0.980. The third kappa shape index (κ3) is 5.37. The number of ether oxygens (including phenoxy) is 1. The zero-order valence-corrected chi connectivity index (χ0v) is 13.9. The summed E-state index contributed by atoms with van der Waals surface area (Å²) in [5, 5.41) is 0. The summed E-state index contributed by atoms with van der Waals surface area (Å²) in [4.78, 5) is 0. The smallest absolute Gasteiger partial charge is 0.118 e. The van der Waals surface area contributed by atoms with Crippen LogP contribution < -0.4 is 0 Å². The molecule has 0 amide bonds. The minimum Gasteiger partial charge on any atom is -0.494 e. The van der Waals surface area contributed by atoms with Gasteiger partial charge in [0.25, 0.3) is 0 Å². The normalized spacial score (nSPS) is 26.0. The van der Waals surface area contributed by atoms with Crippen LogP contribution >= 0.6 is 0 Å². The van der Waals surface area contributed by atoms with E-state index in [0.717, 1.165) is 30.6 Å². The van der Waals surface area contributed by atoms with Gasteiger partial charge in [0.15, 0.2) is 0 Å². The Morgan fingerprint density at radius 1 is 1.05 bits per heavy atom. The highest BCUT2D eigenvalue weighted by Crippen LogP contribution is 2.37. The van der Waals surface area contributed by atoms with E-state index in [1.165, 1.54) is 51.4 Å². The Labute approximate surface area is 131 Å². The predicted molar refractivity (Wildman–Crippen MR) is 91.1 cm³/mol. The second kappa shape index (κ2) is 9.12. The molecule has 0 radical (unpaired) electrons. The van der Waals surface area contributed by atoms with Crippen molar-refractivity contribution in [3.05, 3.63) is 35.6 Å². The van der Waals surface area contributed by atoms with E-state index in [1.807, 2.05) is 6.92 Å². The molecular formula is C20H32O. The highest BCUT2D eigenvalue weighted by atomic mass is 16.5. The Kier molecular flexibility index (Phi) is 7.12. The van der Waals surface area contributed by atoms with Gasteiger partial charge in [-0.2, -0.15) is 0 Å². The number of allylic oxidation sites excluding steroid dienone is 5. The van der Waals surface area contributed by atoms with Gasteiger partial charge in [-0.1, -0.05) is 50.3 Å². The molecule has 0 bridgehead atoms. The molecule has 0 aromatic heterocycles. The monoisotopic (exact) mass is 288 g/mol. The van der Waals surface area contributed by atoms with Gasteiger partial charge in [-0.05, 0) is 63.0 Å². The van der Waals surface area contributed by atoms with Crippen LogP contribution in [0.1, 0.15) is 71.6 Å². The molecule has 0 spiro atoms. The fourth-order valence-corrected chi connectivity index (χ4v) is 3.69. The van der Waals surface area contributed by atoms with Crippen molar-refractivity contribution in [2.45, 2.75) is 71.6 Å². The Morgan fingerprint density at radius 2 is 1.86 bits per heavy atom. The van der Waals surface area contributed by atoms with E-state index in [-0.39, 0.29) is 0 Å². The van der Waals surface area contributed by atoms with Crippen molar-refractivity contribution < 1.29 is 4.74 Å². The Morgan fingerprint density at radius 3 is 2.57 bits per heavy atom. The molecule has 21 heavy (non-hydrogen) atoms. The summed E-state index contributed by atoms with van der Waals surface area (Å²) in [6.07, 6.45) is 21.4. The Balaban J connectivity index is 1.80. The van der Waals surface area contributed by atoms with Crippen molar-refractivity contribution in [3.63, 3.8) is 0 Å². The molecule has 0 heterocycles. The highest BCUT2D eigenvalue weighted by molar-refractivity contribution is 5.29. The largest absolute Gasteiger partial charge is 0.494 e. The fourth-order valence-electron chi connectivity index (χ4n) is 3.69. The quantitative estimate of drug-likeness (QED) is 0.508. The van der Waals surface area contributed by atoms with Gasteiger partial charge >= 0.3 is 0 Å².